The van der Waals surface area contributed by atoms with Gasteiger partial charge in [-0.05, 0) is 48.4 Å². The Labute approximate surface area is 153 Å². The number of hydrazone groups is 1. The molecule has 2 rings (SSSR count). The third kappa shape index (κ3) is 6.98. The van der Waals surface area contributed by atoms with E-state index in [1.165, 1.54) is 19.3 Å². The summed E-state index contributed by atoms with van der Waals surface area (Å²) in [6, 6.07) is 14.3. The van der Waals surface area contributed by atoms with Gasteiger partial charge in [0.1, 0.15) is 5.75 Å². The molecule has 0 aromatic heterocycles. The molecule has 0 radical (unpaired) electrons. The van der Waals surface area contributed by atoms with E-state index in [1.54, 1.807) is 42.6 Å². The monoisotopic (exact) mass is 358 g/mol. The Bertz CT molecular complexity index is 699. The summed E-state index contributed by atoms with van der Waals surface area (Å²) in [4.78, 5) is 12.1. The lowest BCUT2D eigenvalue weighted by Crippen LogP contribution is -2.17. The minimum atomic E-state index is -0.271. The van der Waals surface area contributed by atoms with Gasteiger partial charge in [-0.3, -0.25) is 4.79 Å². The number of benzene rings is 2. The summed E-state index contributed by atoms with van der Waals surface area (Å²) in [5, 5.41) is 4.57. The summed E-state index contributed by atoms with van der Waals surface area (Å²) in [6.45, 7) is 2.89. The first kappa shape index (κ1) is 19.0. The molecule has 0 aliphatic heterocycles. The van der Waals surface area contributed by atoms with E-state index in [9.17, 15) is 4.79 Å². The second kappa shape index (κ2) is 10.5. The lowest BCUT2D eigenvalue weighted by molar-refractivity contribution is 0.0955. The second-order valence-corrected chi connectivity index (χ2v) is 6.12. The van der Waals surface area contributed by atoms with Crippen molar-refractivity contribution < 1.29 is 9.53 Å². The first-order valence-corrected chi connectivity index (χ1v) is 8.88. The van der Waals surface area contributed by atoms with Crippen LogP contribution >= 0.6 is 11.6 Å². The lowest BCUT2D eigenvalue weighted by atomic mass is 10.2. The van der Waals surface area contributed by atoms with Crippen LogP contribution < -0.4 is 10.2 Å². The van der Waals surface area contributed by atoms with Gasteiger partial charge in [-0.15, -0.1) is 0 Å². The maximum atomic E-state index is 12.1. The van der Waals surface area contributed by atoms with Gasteiger partial charge >= 0.3 is 0 Å². The van der Waals surface area contributed by atoms with Crippen molar-refractivity contribution in [3.05, 3.63) is 64.7 Å². The zero-order chi connectivity index (χ0) is 17.9. The van der Waals surface area contributed by atoms with Crippen molar-refractivity contribution in [2.24, 2.45) is 5.10 Å². The highest BCUT2D eigenvalue weighted by Crippen LogP contribution is 2.13. The largest absolute Gasteiger partial charge is 0.494 e. The molecule has 0 atom stereocenters. The Hall–Kier alpha value is -2.33. The van der Waals surface area contributed by atoms with Crippen LogP contribution in [0.15, 0.2) is 53.6 Å². The summed E-state index contributed by atoms with van der Waals surface area (Å²) in [5.41, 5.74) is 3.85. The SMILES string of the molecule is CCCCCCOc1ccc(C(=O)N/N=C/c2cccc(Cl)c2)cc1. The molecule has 0 spiro atoms. The molecule has 25 heavy (non-hydrogen) atoms. The highest BCUT2D eigenvalue weighted by atomic mass is 35.5. The normalized spacial score (nSPS) is 10.8. The molecule has 0 aliphatic carbocycles. The smallest absolute Gasteiger partial charge is 0.271 e. The Kier molecular flexibility index (Phi) is 7.99. The average molecular weight is 359 g/mol. The van der Waals surface area contributed by atoms with E-state index in [0.29, 0.717) is 17.2 Å². The highest BCUT2D eigenvalue weighted by Gasteiger charge is 2.04. The summed E-state index contributed by atoms with van der Waals surface area (Å²) < 4.78 is 5.66. The topological polar surface area (TPSA) is 50.7 Å². The Morgan fingerprint density at radius 2 is 1.96 bits per heavy atom. The molecule has 0 aliphatic rings. The van der Waals surface area contributed by atoms with E-state index < -0.39 is 0 Å². The van der Waals surface area contributed by atoms with Crippen molar-refractivity contribution in [1.29, 1.82) is 0 Å². The zero-order valence-corrected chi connectivity index (χ0v) is 15.1. The Morgan fingerprint density at radius 1 is 1.16 bits per heavy atom. The maximum absolute atomic E-state index is 12.1. The van der Waals surface area contributed by atoms with Crippen LogP contribution in [0, 0.1) is 0 Å². The van der Waals surface area contributed by atoms with Gasteiger partial charge in [-0.25, -0.2) is 5.43 Å². The third-order valence-corrected chi connectivity index (χ3v) is 3.85. The summed E-state index contributed by atoms with van der Waals surface area (Å²) in [6.07, 6.45) is 6.23. The van der Waals surface area contributed by atoms with Gasteiger partial charge in [0.05, 0.1) is 12.8 Å². The van der Waals surface area contributed by atoms with Gasteiger partial charge in [0.15, 0.2) is 0 Å². The van der Waals surface area contributed by atoms with Crippen molar-refractivity contribution >= 4 is 23.7 Å². The first-order valence-electron chi connectivity index (χ1n) is 8.51. The van der Waals surface area contributed by atoms with E-state index in [0.717, 1.165) is 17.7 Å². The predicted molar refractivity (Wildman–Crippen MR) is 103 cm³/mol. The van der Waals surface area contributed by atoms with Crippen LogP contribution in [0.2, 0.25) is 5.02 Å². The number of carbonyl (C=O) groups excluding carboxylic acids is 1. The molecule has 0 fully saturated rings. The quantitative estimate of drug-likeness (QED) is 0.387. The van der Waals surface area contributed by atoms with E-state index in [2.05, 4.69) is 17.5 Å². The number of rotatable bonds is 9. The fraction of sp³-hybridized carbons (Fsp3) is 0.300. The molecular weight excluding hydrogens is 336 g/mol. The molecule has 2 aromatic rings. The molecular formula is C20H23ClN2O2. The summed E-state index contributed by atoms with van der Waals surface area (Å²) in [7, 11) is 0. The van der Waals surface area contributed by atoms with Crippen LogP contribution in [-0.4, -0.2) is 18.7 Å². The molecule has 0 bridgehead atoms. The number of hydrogen-bond donors (Lipinski definition) is 1. The molecule has 1 N–H and O–H groups in total. The van der Waals surface area contributed by atoms with E-state index in [4.69, 9.17) is 16.3 Å². The molecule has 132 valence electrons. The van der Waals surface area contributed by atoms with Gasteiger partial charge in [-0.2, -0.15) is 5.10 Å². The minimum Gasteiger partial charge on any atom is -0.494 e. The number of carbonyl (C=O) groups is 1. The Balaban J connectivity index is 1.79. The zero-order valence-electron chi connectivity index (χ0n) is 14.4. The molecule has 2 aromatic carbocycles. The van der Waals surface area contributed by atoms with Gasteiger partial charge in [0.25, 0.3) is 5.91 Å². The molecule has 0 saturated heterocycles. The molecule has 0 heterocycles. The van der Waals surface area contributed by atoms with Crippen molar-refractivity contribution in [3.8, 4) is 5.75 Å². The minimum absolute atomic E-state index is 0.271. The van der Waals surface area contributed by atoms with Gasteiger partial charge in [0.2, 0.25) is 0 Å². The van der Waals surface area contributed by atoms with Crippen LogP contribution in [0.1, 0.15) is 48.5 Å². The number of halogens is 1. The number of hydrogen-bond acceptors (Lipinski definition) is 3. The third-order valence-electron chi connectivity index (χ3n) is 3.61. The van der Waals surface area contributed by atoms with Gasteiger partial charge in [-0.1, -0.05) is 49.9 Å². The summed E-state index contributed by atoms with van der Waals surface area (Å²) in [5.74, 6) is 0.503. The van der Waals surface area contributed by atoms with Crippen molar-refractivity contribution in [2.75, 3.05) is 6.61 Å². The maximum Gasteiger partial charge on any atom is 0.271 e. The molecule has 5 heteroatoms. The first-order chi connectivity index (χ1) is 12.2. The summed E-state index contributed by atoms with van der Waals surface area (Å²) >= 11 is 5.90. The average Bonchev–Trinajstić information content (AvgIpc) is 2.62. The second-order valence-electron chi connectivity index (χ2n) is 5.69. The van der Waals surface area contributed by atoms with Crippen molar-refractivity contribution in [2.45, 2.75) is 32.6 Å². The fourth-order valence-electron chi connectivity index (χ4n) is 2.24. The van der Waals surface area contributed by atoms with E-state index in [1.807, 2.05) is 12.1 Å². The lowest BCUT2D eigenvalue weighted by Gasteiger charge is -2.06. The van der Waals surface area contributed by atoms with Gasteiger partial charge < -0.3 is 4.74 Å². The number of unbranched alkanes of at least 4 members (excludes halogenated alkanes) is 3. The van der Waals surface area contributed by atoms with Crippen LogP contribution in [0.25, 0.3) is 0 Å². The highest BCUT2D eigenvalue weighted by molar-refractivity contribution is 6.30. The number of ether oxygens (including phenoxy) is 1. The molecule has 0 unspecified atom stereocenters. The number of nitrogens with zero attached hydrogens (tertiary/aromatic N) is 1. The van der Waals surface area contributed by atoms with Crippen LogP contribution in [0.5, 0.6) is 5.75 Å². The molecule has 1 amide bonds. The number of amides is 1. The molecule has 4 nitrogen and oxygen atoms in total. The van der Waals surface area contributed by atoms with Crippen LogP contribution in [0.3, 0.4) is 0 Å². The fourth-order valence-corrected chi connectivity index (χ4v) is 2.44. The van der Waals surface area contributed by atoms with Crippen LogP contribution in [0.4, 0.5) is 0 Å². The number of nitrogens with one attached hydrogen (secondary N) is 1. The van der Waals surface area contributed by atoms with Crippen molar-refractivity contribution in [1.82, 2.24) is 5.43 Å². The van der Waals surface area contributed by atoms with E-state index in [-0.39, 0.29) is 5.91 Å². The standard InChI is InChI=1S/C20H23ClN2O2/c1-2-3-4-5-13-25-19-11-9-17(10-12-19)20(24)23-22-15-16-7-6-8-18(21)14-16/h6-12,14-15H,2-5,13H2,1H3,(H,23,24)/b22-15+. The van der Waals surface area contributed by atoms with Crippen LogP contribution in [-0.2, 0) is 0 Å². The van der Waals surface area contributed by atoms with Crippen molar-refractivity contribution in [3.63, 3.8) is 0 Å². The van der Waals surface area contributed by atoms with E-state index >= 15 is 0 Å². The molecule has 0 saturated carbocycles. The Morgan fingerprint density at radius 3 is 2.68 bits per heavy atom. The predicted octanol–water partition coefficient (Wildman–Crippen LogP) is 5.06. The van der Waals surface area contributed by atoms with Gasteiger partial charge in [0, 0.05) is 10.6 Å².